The number of rotatable bonds is 4. The van der Waals surface area contributed by atoms with Gasteiger partial charge >= 0.3 is 0 Å². The molecule has 4 rings (SSSR count). The lowest BCUT2D eigenvalue weighted by molar-refractivity contribution is -0.114. The SMILES string of the molecule is CN1C(=O)C(=Cc2ccco2)Sc2cc(C(=O)NCc3ccncc3)ncc21. The van der Waals surface area contributed by atoms with Gasteiger partial charge in [0.25, 0.3) is 11.8 Å². The second-order valence-electron chi connectivity index (χ2n) is 6.07. The van der Waals surface area contributed by atoms with E-state index < -0.39 is 0 Å². The zero-order valence-corrected chi connectivity index (χ0v) is 15.8. The van der Waals surface area contributed by atoms with Gasteiger partial charge in [-0.25, -0.2) is 4.98 Å². The topological polar surface area (TPSA) is 88.3 Å². The number of anilines is 1. The summed E-state index contributed by atoms with van der Waals surface area (Å²) in [4.78, 5) is 36.0. The number of amides is 2. The molecule has 0 saturated carbocycles. The van der Waals surface area contributed by atoms with Crippen LogP contribution in [0.2, 0.25) is 0 Å². The van der Waals surface area contributed by atoms with Crippen LogP contribution in [0.25, 0.3) is 6.08 Å². The van der Waals surface area contributed by atoms with Gasteiger partial charge in [-0.3, -0.25) is 14.6 Å². The molecular weight excluding hydrogens is 376 g/mol. The van der Waals surface area contributed by atoms with Gasteiger partial charge in [0.15, 0.2) is 0 Å². The summed E-state index contributed by atoms with van der Waals surface area (Å²) in [5, 5.41) is 2.84. The highest BCUT2D eigenvalue weighted by Gasteiger charge is 2.28. The molecule has 7 nitrogen and oxygen atoms in total. The van der Waals surface area contributed by atoms with Gasteiger partial charge in [-0.2, -0.15) is 0 Å². The highest BCUT2D eigenvalue weighted by Crippen LogP contribution is 2.41. The summed E-state index contributed by atoms with van der Waals surface area (Å²) in [5.74, 6) is 0.166. The molecule has 28 heavy (non-hydrogen) atoms. The number of carbonyl (C=O) groups excluding carboxylic acids is 2. The van der Waals surface area contributed by atoms with Crippen LogP contribution >= 0.6 is 11.8 Å². The van der Waals surface area contributed by atoms with E-state index in [1.165, 1.54) is 16.7 Å². The van der Waals surface area contributed by atoms with Crippen LogP contribution < -0.4 is 10.2 Å². The Morgan fingerprint density at radius 1 is 1.32 bits per heavy atom. The Kier molecular flexibility index (Phi) is 4.94. The molecule has 4 heterocycles. The predicted octanol–water partition coefficient (Wildman–Crippen LogP) is 3.11. The first kappa shape index (κ1) is 18.0. The Labute approximate surface area is 165 Å². The van der Waals surface area contributed by atoms with E-state index in [2.05, 4.69) is 15.3 Å². The number of hydrogen-bond acceptors (Lipinski definition) is 6. The lowest BCUT2D eigenvalue weighted by Crippen LogP contribution is -2.31. The third kappa shape index (κ3) is 3.67. The largest absolute Gasteiger partial charge is 0.465 e. The van der Waals surface area contributed by atoms with Gasteiger partial charge in [-0.05, 0) is 35.9 Å². The quantitative estimate of drug-likeness (QED) is 0.687. The van der Waals surface area contributed by atoms with Crippen molar-refractivity contribution in [2.24, 2.45) is 0 Å². The molecule has 0 atom stereocenters. The van der Waals surface area contributed by atoms with Gasteiger partial charge < -0.3 is 14.6 Å². The number of nitrogens with one attached hydrogen (secondary N) is 1. The van der Waals surface area contributed by atoms with Crippen molar-refractivity contribution >= 4 is 35.3 Å². The average molecular weight is 392 g/mol. The van der Waals surface area contributed by atoms with Gasteiger partial charge in [0.2, 0.25) is 0 Å². The van der Waals surface area contributed by atoms with Crippen molar-refractivity contribution in [3.05, 3.63) is 77.1 Å². The molecule has 140 valence electrons. The summed E-state index contributed by atoms with van der Waals surface area (Å²) in [6, 6.07) is 8.91. The monoisotopic (exact) mass is 392 g/mol. The number of aromatic nitrogens is 2. The highest BCUT2D eigenvalue weighted by molar-refractivity contribution is 8.04. The van der Waals surface area contributed by atoms with Crippen LogP contribution in [-0.4, -0.2) is 28.8 Å². The molecule has 0 fully saturated rings. The Balaban J connectivity index is 1.56. The maximum absolute atomic E-state index is 12.6. The fraction of sp³-hybridized carbons (Fsp3) is 0.100. The normalized spacial score (nSPS) is 14.8. The van der Waals surface area contributed by atoms with Crippen molar-refractivity contribution < 1.29 is 14.0 Å². The Morgan fingerprint density at radius 3 is 2.89 bits per heavy atom. The third-order valence-corrected chi connectivity index (χ3v) is 5.25. The van der Waals surface area contributed by atoms with Gasteiger partial charge in [-0.1, -0.05) is 11.8 Å². The first-order valence-electron chi connectivity index (χ1n) is 8.50. The number of nitrogens with zero attached hydrogens (tertiary/aromatic N) is 3. The van der Waals surface area contributed by atoms with Crippen molar-refractivity contribution in [3.63, 3.8) is 0 Å². The van der Waals surface area contributed by atoms with E-state index in [1.807, 2.05) is 12.1 Å². The van der Waals surface area contributed by atoms with Crippen molar-refractivity contribution in [2.45, 2.75) is 11.4 Å². The zero-order valence-electron chi connectivity index (χ0n) is 15.0. The second-order valence-corrected chi connectivity index (χ2v) is 7.15. The fourth-order valence-corrected chi connectivity index (χ4v) is 3.79. The van der Waals surface area contributed by atoms with Crippen LogP contribution in [0.15, 0.2) is 69.4 Å². The molecule has 0 bridgehead atoms. The molecule has 8 heteroatoms. The van der Waals surface area contributed by atoms with Crippen LogP contribution in [-0.2, 0) is 11.3 Å². The molecule has 0 radical (unpaired) electrons. The summed E-state index contributed by atoms with van der Waals surface area (Å²) < 4.78 is 5.30. The smallest absolute Gasteiger partial charge is 0.270 e. The number of fused-ring (bicyclic) bond motifs is 1. The lowest BCUT2D eigenvalue weighted by Gasteiger charge is -2.26. The molecular formula is C20H16N4O3S. The zero-order chi connectivity index (χ0) is 19.5. The molecule has 1 N–H and O–H groups in total. The second kappa shape index (κ2) is 7.69. The Morgan fingerprint density at radius 2 is 2.14 bits per heavy atom. The summed E-state index contributed by atoms with van der Waals surface area (Å²) in [5.41, 5.74) is 1.90. The first-order valence-corrected chi connectivity index (χ1v) is 9.32. The minimum absolute atomic E-state index is 0.148. The summed E-state index contributed by atoms with van der Waals surface area (Å²) in [7, 11) is 1.68. The van der Waals surface area contributed by atoms with Gasteiger partial charge in [0.1, 0.15) is 11.5 Å². The number of furan rings is 1. The maximum Gasteiger partial charge on any atom is 0.270 e. The average Bonchev–Trinajstić information content (AvgIpc) is 3.23. The third-order valence-electron chi connectivity index (χ3n) is 4.19. The van der Waals surface area contributed by atoms with E-state index >= 15 is 0 Å². The number of carbonyl (C=O) groups is 2. The van der Waals surface area contributed by atoms with Crippen molar-refractivity contribution in [1.82, 2.24) is 15.3 Å². The molecule has 0 unspecified atom stereocenters. The van der Waals surface area contributed by atoms with E-state index in [1.54, 1.807) is 56.2 Å². The summed E-state index contributed by atoms with van der Waals surface area (Å²) in [6.45, 7) is 0.384. The molecule has 0 aromatic carbocycles. The molecule has 0 aliphatic carbocycles. The van der Waals surface area contributed by atoms with Crippen LogP contribution in [0.1, 0.15) is 21.8 Å². The Hall–Kier alpha value is -3.39. The minimum Gasteiger partial charge on any atom is -0.465 e. The molecule has 1 aliphatic rings. The van der Waals surface area contributed by atoms with Crippen LogP contribution in [0.4, 0.5) is 5.69 Å². The van der Waals surface area contributed by atoms with Crippen molar-refractivity contribution in [3.8, 4) is 0 Å². The number of hydrogen-bond donors (Lipinski definition) is 1. The molecule has 1 aliphatic heterocycles. The molecule has 0 saturated heterocycles. The molecule has 0 spiro atoms. The molecule has 3 aromatic heterocycles. The van der Waals surface area contributed by atoms with Crippen molar-refractivity contribution in [1.29, 1.82) is 0 Å². The van der Waals surface area contributed by atoms with E-state index in [0.717, 1.165) is 10.5 Å². The molecule has 2 amide bonds. The van der Waals surface area contributed by atoms with Crippen molar-refractivity contribution in [2.75, 3.05) is 11.9 Å². The van der Waals surface area contributed by atoms with E-state index in [0.29, 0.717) is 28.6 Å². The standard InChI is InChI=1S/C20H16N4O3S/c1-24-16-12-22-15(19(25)23-11-13-4-6-21-7-5-13)10-17(16)28-18(20(24)26)9-14-3-2-8-27-14/h2-10,12H,11H2,1H3,(H,23,25). The predicted molar refractivity (Wildman–Crippen MR) is 106 cm³/mol. The molecule has 3 aromatic rings. The fourth-order valence-electron chi connectivity index (χ4n) is 2.69. The van der Waals surface area contributed by atoms with Gasteiger partial charge in [0, 0.05) is 37.0 Å². The minimum atomic E-state index is -0.281. The number of thioether (sulfide) groups is 1. The van der Waals surface area contributed by atoms with E-state index in [9.17, 15) is 9.59 Å². The van der Waals surface area contributed by atoms with Gasteiger partial charge in [-0.15, -0.1) is 0 Å². The number of likely N-dealkylation sites (N-methyl/N-ethyl adjacent to an activating group) is 1. The summed E-state index contributed by atoms with van der Waals surface area (Å²) >= 11 is 1.29. The van der Waals surface area contributed by atoms with Crippen LogP contribution in [0.5, 0.6) is 0 Å². The first-order chi connectivity index (χ1) is 13.6. The Bertz CT molecular complexity index is 1050. The van der Waals surface area contributed by atoms with Crippen LogP contribution in [0.3, 0.4) is 0 Å². The van der Waals surface area contributed by atoms with Gasteiger partial charge in [0.05, 0.1) is 23.1 Å². The van der Waals surface area contributed by atoms with E-state index in [4.69, 9.17) is 4.42 Å². The highest BCUT2D eigenvalue weighted by atomic mass is 32.2. The lowest BCUT2D eigenvalue weighted by atomic mass is 10.2. The van der Waals surface area contributed by atoms with E-state index in [-0.39, 0.29) is 11.8 Å². The maximum atomic E-state index is 12.6. The summed E-state index contributed by atoms with van der Waals surface area (Å²) in [6.07, 6.45) is 8.14. The van der Waals surface area contributed by atoms with Crippen LogP contribution in [0, 0.1) is 0 Å². The number of pyridine rings is 2.